The molecule has 0 amide bonds. The van der Waals surface area contributed by atoms with Gasteiger partial charge in [-0.2, -0.15) is 0 Å². The van der Waals surface area contributed by atoms with E-state index in [4.69, 9.17) is 28.6 Å². The number of halogens is 2. The predicted molar refractivity (Wildman–Crippen MR) is 114 cm³/mol. The van der Waals surface area contributed by atoms with E-state index in [1.165, 1.54) is 5.56 Å². The van der Waals surface area contributed by atoms with Crippen LogP contribution in [-0.2, 0) is 6.42 Å². The zero-order chi connectivity index (χ0) is 18.2. The number of anilines is 1. The Hall–Kier alpha value is -1.30. The average Bonchev–Trinajstić information content (AvgIpc) is 2.55. The Bertz CT molecular complexity index is 724. The molecule has 0 aliphatic carbocycles. The van der Waals surface area contributed by atoms with Crippen molar-refractivity contribution < 1.29 is 4.74 Å². The number of ether oxygens (including phenoxy) is 1. The topological polar surface area (TPSA) is 33.3 Å². The van der Waals surface area contributed by atoms with Crippen LogP contribution in [-0.4, -0.2) is 17.8 Å². The van der Waals surface area contributed by atoms with Crippen molar-refractivity contribution in [2.45, 2.75) is 32.8 Å². The highest BCUT2D eigenvalue weighted by molar-refractivity contribution is 9.10. The highest BCUT2D eigenvalue weighted by Gasteiger charge is 2.02. The maximum atomic E-state index is 6.08. The van der Waals surface area contributed by atoms with Gasteiger partial charge in [-0.05, 0) is 90.7 Å². The minimum absolute atomic E-state index is 0.187. The maximum absolute atomic E-state index is 6.08. The average molecular weight is 442 g/mol. The second-order valence-corrected chi connectivity index (χ2v) is 7.60. The second kappa shape index (κ2) is 10.00. The first-order valence-corrected chi connectivity index (χ1v) is 9.77. The van der Waals surface area contributed by atoms with Crippen molar-refractivity contribution in [2.75, 3.05) is 11.9 Å². The van der Waals surface area contributed by atoms with Gasteiger partial charge < -0.3 is 15.4 Å². The summed E-state index contributed by atoms with van der Waals surface area (Å²) in [6, 6.07) is 13.9. The molecule has 0 radical (unpaired) electrons. The van der Waals surface area contributed by atoms with Gasteiger partial charge in [-0.3, -0.25) is 0 Å². The van der Waals surface area contributed by atoms with Gasteiger partial charge in [0, 0.05) is 16.7 Å². The smallest absolute Gasteiger partial charge is 0.170 e. The van der Waals surface area contributed by atoms with E-state index in [1.807, 2.05) is 44.2 Å². The van der Waals surface area contributed by atoms with Crippen LogP contribution in [0.2, 0.25) is 5.02 Å². The zero-order valence-corrected chi connectivity index (χ0v) is 17.5. The minimum atomic E-state index is 0.187. The normalized spacial score (nSPS) is 10.6. The lowest BCUT2D eigenvalue weighted by Crippen LogP contribution is -2.29. The van der Waals surface area contributed by atoms with E-state index in [1.54, 1.807) is 0 Å². The van der Waals surface area contributed by atoms with Gasteiger partial charge in [-0.25, -0.2) is 0 Å². The van der Waals surface area contributed by atoms with Gasteiger partial charge in [0.25, 0.3) is 0 Å². The summed E-state index contributed by atoms with van der Waals surface area (Å²) in [6.45, 7) is 4.86. The van der Waals surface area contributed by atoms with E-state index >= 15 is 0 Å². The van der Waals surface area contributed by atoms with Crippen LogP contribution in [0.4, 0.5) is 5.69 Å². The lowest BCUT2D eigenvalue weighted by atomic mass is 10.1. The van der Waals surface area contributed by atoms with Gasteiger partial charge in [-0.15, -0.1) is 0 Å². The molecule has 0 aliphatic rings. The zero-order valence-electron chi connectivity index (χ0n) is 14.3. The summed E-state index contributed by atoms with van der Waals surface area (Å²) in [4.78, 5) is 0. The van der Waals surface area contributed by atoms with Gasteiger partial charge in [0.15, 0.2) is 5.11 Å². The molecule has 2 N–H and O–H groups in total. The van der Waals surface area contributed by atoms with Crippen LogP contribution in [0.25, 0.3) is 0 Å². The fraction of sp³-hybridized carbons (Fsp3) is 0.316. The van der Waals surface area contributed by atoms with E-state index < -0.39 is 0 Å². The summed E-state index contributed by atoms with van der Waals surface area (Å²) < 4.78 is 6.59. The number of hydrogen-bond acceptors (Lipinski definition) is 2. The molecule has 3 nitrogen and oxygen atoms in total. The molecular formula is C19H22BrClN2OS. The minimum Gasteiger partial charge on any atom is -0.491 e. The third-order valence-electron chi connectivity index (χ3n) is 3.38. The number of thiocarbonyl (C=S) groups is 1. The summed E-state index contributed by atoms with van der Waals surface area (Å²) in [5, 5.41) is 7.59. The first-order valence-electron chi connectivity index (χ1n) is 8.19. The van der Waals surface area contributed by atoms with Crippen LogP contribution in [0.15, 0.2) is 46.9 Å². The van der Waals surface area contributed by atoms with Crippen molar-refractivity contribution in [3.05, 3.63) is 57.5 Å². The van der Waals surface area contributed by atoms with Crippen molar-refractivity contribution in [3.63, 3.8) is 0 Å². The number of benzene rings is 2. The van der Waals surface area contributed by atoms with Gasteiger partial charge in [0.1, 0.15) is 5.75 Å². The van der Waals surface area contributed by atoms with E-state index in [9.17, 15) is 0 Å². The SMILES string of the molecule is CC(C)Oc1cccc(CCCNC(=S)Nc2ccc(Br)c(Cl)c2)c1. The van der Waals surface area contributed by atoms with Crippen LogP contribution in [0.1, 0.15) is 25.8 Å². The van der Waals surface area contributed by atoms with Crippen LogP contribution >= 0.6 is 39.7 Å². The fourth-order valence-electron chi connectivity index (χ4n) is 2.29. The van der Waals surface area contributed by atoms with Gasteiger partial charge in [0.2, 0.25) is 0 Å². The molecule has 6 heteroatoms. The second-order valence-electron chi connectivity index (χ2n) is 5.93. The lowest BCUT2D eigenvalue weighted by molar-refractivity contribution is 0.242. The lowest BCUT2D eigenvalue weighted by Gasteiger charge is -2.12. The molecule has 0 aromatic heterocycles. The van der Waals surface area contributed by atoms with Crippen molar-refractivity contribution in [2.24, 2.45) is 0 Å². The molecule has 0 heterocycles. The molecule has 0 aliphatic heterocycles. The van der Waals surface area contributed by atoms with E-state index in [0.29, 0.717) is 10.1 Å². The maximum Gasteiger partial charge on any atom is 0.170 e. The number of nitrogens with one attached hydrogen (secondary N) is 2. The van der Waals surface area contributed by atoms with Gasteiger partial charge in [-0.1, -0.05) is 23.7 Å². The fourth-order valence-corrected chi connectivity index (χ4v) is 2.94. The van der Waals surface area contributed by atoms with Crippen molar-refractivity contribution in [1.29, 1.82) is 0 Å². The molecule has 2 aromatic carbocycles. The predicted octanol–water partition coefficient (Wildman–Crippen LogP) is 5.81. The number of rotatable bonds is 7. The van der Waals surface area contributed by atoms with E-state index in [-0.39, 0.29) is 6.10 Å². The largest absolute Gasteiger partial charge is 0.491 e. The molecule has 0 atom stereocenters. The Kier molecular flexibility index (Phi) is 8.00. The summed E-state index contributed by atoms with van der Waals surface area (Å²) in [5.41, 5.74) is 2.13. The Morgan fingerprint density at radius 3 is 2.76 bits per heavy atom. The summed E-state index contributed by atoms with van der Waals surface area (Å²) >= 11 is 14.8. The van der Waals surface area contributed by atoms with E-state index in [0.717, 1.165) is 35.3 Å². The molecule has 0 spiro atoms. The summed E-state index contributed by atoms with van der Waals surface area (Å²) in [7, 11) is 0. The molecule has 0 saturated heterocycles. The van der Waals surface area contributed by atoms with Gasteiger partial charge in [0.05, 0.1) is 11.1 Å². The molecule has 0 saturated carbocycles. The Morgan fingerprint density at radius 2 is 2.04 bits per heavy atom. The molecule has 2 rings (SSSR count). The van der Waals surface area contributed by atoms with Crippen LogP contribution < -0.4 is 15.4 Å². The van der Waals surface area contributed by atoms with Crippen LogP contribution in [0.3, 0.4) is 0 Å². The highest BCUT2D eigenvalue weighted by atomic mass is 79.9. The van der Waals surface area contributed by atoms with Crippen molar-refractivity contribution in [1.82, 2.24) is 5.32 Å². The van der Waals surface area contributed by atoms with E-state index in [2.05, 4.69) is 38.7 Å². The van der Waals surface area contributed by atoms with Crippen molar-refractivity contribution >= 4 is 50.5 Å². The van der Waals surface area contributed by atoms with Crippen LogP contribution in [0.5, 0.6) is 5.75 Å². The summed E-state index contributed by atoms with van der Waals surface area (Å²) in [5.74, 6) is 0.921. The highest BCUT2D eigenvalue weighted by Crippen LogP contribution is 2.25. The molecule has 2 aromatic rings. The Balaban J connectivity index is 1.73. The Morgan fingerprint density at radius 1 is 1.24 bits per heavy atom. The van der Waals surface area contributed by atoms with Gasteiger partial charge >= 0.3 is 0 Å². The van der Waals surface area contributed by atoms with Crippen molar-refractivity contribution in [3.8, 4) is 5.75 Å². The molecular weight excluding hydrogens is 420 g/mol. The quantitative estimate of drug-likeness (QED) is 0.420. The molecule has 134 valence electrons. The third kappa shape index (κ3) is 7.22. The summed E-state index contributed by atoms with van der Waals surface area (Å²) in [6.07, 6.45) is 2.13. The molecule has 0 bridgehead atoms. The Labute approximate surface area is 168 Å². The number of aryl methyl sites for hydroxylation is 1. The standard InChI is InChI=1S/C19H22BrClN2OS/c1-13(2)24-16-7-3-5-14(11-16)6-4-10-22-19(25)23-15-8-9-17(20)18(21)12-15/h3,5,7-9,11-13H,4,6,10H2,1-2H3,(H2,22,23,25). The first kappa shape index (κ1) is 20.0. The first-order chi connectivity index (χ1) is 11.9. The van der Waals surface area contributed by atoms with Crippen LogP contribution in [0, 0.1) is 0 Å². The third-order valence-corrected chi connectivity index (χ3v) is 4.85. The monoisotopic (exact) mass is 440 g/mol. The number of hydrogen-bond donors (Lipinski definition) is 2. The molecule has 0 fully saturated rings. The molecule has 25 heavy (non-hydrogen) atoms. The molecule has 0 unspecified atom stereocenters.